The summed E-state index contributed by atoms with van der Waals surface area (Å²) in [6.07, 6.45) is 3.61. The predicted molar refractivity (Wildman–Crippen MR) is 119 cm³/mol. The molecule has 0 saturated carbocycles. The number of rotatable bonds is 5. The number of carbonyl (C=O) groups excluding carboxylic acids is 1. The van der Waals surface area contributed by atoms with Crippen LogP contribution in [0.4, 0.5) is 0 Å². The number of fused-ring (bicyclic) bond motifs is 1. The standard InChI is InChI=1S/C22H18BrN3O2S/c1-14(22(27)28-2)29-21-19-18(15-6-4-3-5-7-15)12-26(20(19)24-13-25-21)17-10-8-16(23)9-11-17/h3-14H,1-2H3/t14-/m1/s1. The van der Waals surface area contributed by atoms with Gasteiger partial charge in [0.15, 0.2) is 0 Å². The zero-order valence-electron chi connectivity index (χ0n) is 15.9. The molecule has 0 radical (unpaired) electrons. The van der Waals surface area contributed by atoms with Crippen LogP contribution < -0.4 is 0 Å². The van der Waals surface area contributed by atoms with Crippen molar-refractivity contribution in [1.82, 2.24) is 14.5 Å². The molecule has 4 rings (SSSR count). The van der Waals surface area contributed by atoms with Crippen LogP contribution in [0.5, 0.6) is 0 Å². The minimum atomic E-state index is -0.377. The first-order valence-electron chi connectivity index (χ1n) is 9.00. The smallest absolute Gasteiger partial charge is 0.318 e. The lowest BCUT2D eigenvalue weighted by Crippen LogP contribution is -2.14. The molecule has 0 spiro atoms. The quantitative estimate of drug-likeness (QED) is 0.220. The van der Waals surface area contributed by atoms with Crippen molar-refractivity contribution >= 4 is 44.7 Å². The normalized spacial score (nSPS) is 12.1. The molecule has 2 aromatic heterocycles. The van der Waals surface area contributed by atoms with E-state index in [0.717, 1.165) is 37.3 Å². The first-order chi connectivity index (χ1) is 14.1. The number of halogens is 1. The van der Waals surface area contributed by atoms with Gasteiger partial charge in [0.25, 0.3) is 0 Å². The van der Waals surface area contributed by atoms with E-state index in [-0.39, 0.29) is 11.2 Å². The van der Waals surface area contributed by atoms with Crippen molar-refractivity contribution in [1.29, 1.82) is 0 Å². The van der Waals surface area contributed by atoms with Gasteiger partial charge in [-0.15, -0.1) is 0 Å². The Labute approximate surface area is 181 Å². The first kappa shape index (κ1) is 19.7. The van der Waals surface area contributed by atoms with Crippen molar-refractivity contribution in [2.75, 3.05) is 7.11 Å². The summed E-state index contributed by atoms with van der Waals surface area (Å²) in [4.78, 5) is 21.0. The fraction of sp³-hybridized carbons (Fsp3) is 0.136. The molecule has 0 N–H and O–H groups in total. The first-order valence-corrected chi connectivity index (χ1v) is 10.7. The van der Waals surface area contributed by atoms with Crippen LogP contribution in [0.1, 0.15) is 6.92 Å². The summed E-state index contributed by atoms with van der Waals surface area (Å²) in [5, 5.41) is 1.29. The predicted octanol–water partition coefficient (Wildman–Crippen LogP) is 5.50. The van der Waals surface area contributed by atoms with Gasteiger partial charge in [-0.25, -0.2) is 9.97 Å². The third-order valence-electron chi connectivity index (χ3n) is 4.56. The Morgan fingerprint density at radius 3 is 2.52 bits per heavy atom. The van der Waals surface area contributed by atoms with Crippen LogP contribution in [0.15, 0.2) is 76.6 Å². The highest BCUT2D eigenvalue weighted by Gasteiger charge is 2.22. The van der Waals surface area contributed by atoms with Gasteiger partial charge in [0.2, 0.25) is 0 Å². The Kier molecular flexibility index (Phi) is 5.69. The van der Waals surface area contributed by atoms with Gasteiger partial charge in [0.05, 0.1) is 12.5 Å². The van der Waals surface area contributed by atoms with Crippen LogP contribution in [-0.2, 0) is 9.53 Å². The van der Waals surface area contributed by atoms with E-state index in [1.54, 1.807) is 6.33 Å². The SMILES string of the molecule is COC(=O)[C@@H](C)Sc1ncnc2c1c(-c1ccccc1)cn2-c1ccc(Br)cc1. The topological polar surface area (TPSA) is 57.0 Å². The number of esters is 1. The molecule has 0 amide bonds. The number of carbonyl (C=O) groups is 1. The van der Waals surface area contributed by atoms with Crippen molar-refractivity contribution in [2.45, 2.75) is 17.2 Å². The van der Waals surface area contributed by atoms with Crippen LogP contribution in [0.3, 0.4) is 0 Å². The number of hydrogen-bond donors (Lipinski definition) is 0. The zero-order valence-corrected chi connectivity index (χ0v) is 18.3. The molecule has 0 aliphatic heterocycles. The van der Waals surface area contributed by atoms with E-state index < -0.39 is 0 Å². The lowest BCUT2D eigenvalue weighted by atomic mass is 10.1. The minimum absolute atomic E-state index is 0.282. The van der Waals surface area contributed by atoms with Gasteiger partial charge in [-0.3, -0.25) is 4.79 Å². The molecule has 0 saturated heterocycles. The van der Waals surface area contributed by atoms with E-state index in [9.17, 15) is 4.79 Å². The molecule has 5 nitrogen and oxygen atoms in total. The molecule has 0 fully saturated rings. The van der Waals surface area contributed by atoms with E-state index in [0.29, 0.717) is 0 Å². The summed E-state index contributed by atoms with van der Waals surface area (Å²) in [5.41, 5.74) is 3.87. The summed E-state index contributed by atoms with van der Waals surface area (Å²) >= 11 is 4.87. The molecule has 2 aromatic carbocycles. The maximum atomic E-state index is 12.0. The van der Waals surface area contributed by atoms with Crippen LogP contribution in [0.2, 0.25) is 0 Å². The highest BCUT2D eigenvalue weighted by atomic mass is 79.9. The van der Waals surface area contributed by atoms with Gasteiger partial charge in [-0.05, 0) is 36.8 Å². The van der Waals surface area contributed by atoms with E-state index in [1.165, 1.54) is 18.9 Å². The Morgan fingerprint density at radius 1 is 1.10 bits per heavy atom. The minimum Gasteiger partial charge on any atom is -0.468 e. The molecule has 7 heteroatoms. The van der Waals surface area contributed by atoms with Crippen LogP contribution >= 0.6 is 27.7 Å². The van der Waals surface area contributed by atoms with E-state index >= 15 is 0 Å². The third-order valence-corrected chi connectivity index (χ3v) is 6.17. The number of ether oxygens (including phenoxy) is 1. The van der Waals surface area contributed by atoms with Gasteiger partial charge in [0.1, 0.15) is 22.3 Å². The Hall–Kier alpha value is -2.64. The second-order valence-corrected chi connectivity index (χ2v) is 8.66. The largest absolute Gasteiger partial charge is 0.468 e. The van der Waals surface area contributed by atoms with Crippen molar-refractivity contribution < 1.29 is 9.53 Å². The molecule has 0 bridgehead atoms. The second kappa shape index (κ2) is 8.39. The second-order valence-electron chi connectivity index (χ2n) is 6.42. The number of benzene rings is 2. The van der Waals surface area contributed by atoms with Gasteiger partial charge < -0.3 is 9.30 Å². The van der Waals surface area contributed by atoms with Crippen LogP contribution in [-0.4, -0.2) is 32.9 Å². The maximum absolute atomic E-state index is 12.0. The fourth-order valence-corrected chi connectivity index (χ4v) is 4.36. The van der Waals surface area contributed by atoms with E-state index in [4.69, 9.17) is 4.74 Å². The number of thioether (sulfide) groups is 1. The molecular formula is C22H18BrN3O2S. The molecular weight excluding hydrogens is 450 g/mol. The molecule has 2 heterocycles. The summed E-state index contributed by atoms with van der Waals surface area (Å²) in [5.74, 6) is -0.282. The van der Waals surface area contributed by atoms with Crippen LogP contribution in [0.25, 0.3) is 27.8 Å². The summed E-state index contributed by atoms with van der Waals surface area (Å²) < 4.78 is 7.95. The van der Waals surface area contributed by atoms with Crippen molar-refractivity contribution in [3.63, 3.8) is 0 Å². The molecule has 0 aliphatic carbocycles. The summed E-state index contributed by atoms with van der Waals surface area (Å²) in [6, 6.07) is 18.2. The number of aromatic nitrogens is 3. The molecule has 0 aliphatic rings. The van der Waals surface area contributed by atoms with Crippen molar-refractivity contribution in [2.24, 2.45) is 0 Å². The highest BCUT2D eigenvalue weighted by molar-refractivity contribution is 9.10. The Balaban J connectivity index is 1.94. The fourth-order valence-electron chi connectivity index (χ4n) is 3.14. The summed E-state index contributed by atoms with van der Waals surface area (Å²) in [6.45, 7) is 1.82. The van der Waals surface area contributed by atoms with Gasteiger partial charge >= 0.3 is 5.97 Å². The molecule has 146 valence electrons. The number of methoxy groups -OCH3 is 1. The number of nitrogens with zero attached hydrogens (tertiary/aromatic N) is 3. The van der Waals surface area contributed by atoms with Gasteiger partial charge in [-0.2, -0.15) is 0 Å². The lowest BCUT2D eigenvalue weighted by Gasteiger charge is -2.10. The molecule has 0 unspecified atom stereocenters. The van der Waals surface area contributed by atoms with E-state index in [2.05, 4.69) is 48.8 Å². The highest BCUT2D eigenvalue weighted by Crippen LogP contribution is 2.38. The van der Waals surface area contributed by atoms with Crippen LogP contribution in [0, 0.1) is 0 Å². The monoisotopic (exact) mass is 467 g/mol. The third kappa shape index (κ3) is 3.93. The number of hydrogen-bond acceptors (Lipinski definition) is 5. The molecule has 4 aromatic rings. The Bertz CT molecular complexity index is 1160. The van der Waals surface area contributed by atoms with Gasteiger partial charge in [-0.1, -0.05) is 58.0 Å². The summed E-state index contributed by atoms with van der Waals surface area (Å²) in [7, 11) is 1.40. The molecule has 29 heavy (non-hydrogen) atoms. The zero-order chi connectivity index (χ0) is 20.4. The van der Waals surface area contributed by atoms with Gasteiger partial charge in [0, 0.05) is 21.9 Å². The average molecular weight is 468 g/mol. The van der Waals surface area contributed by atoms with E-state index in [1.807, 2.05) is 49.4 Å². The average Bonchev–Trinajstić information content (AvgIpc) is 3.15. The lowest BCUT2D eigenvalue weighted by molar-refractivity contribution is -0.139. The van der Waals surface area contributed by atoms with Crippen molar-refractivity contribution in [3.05, 3.63) is 71.6 Å². The Morgan fingerprint density at radius 2 is 1.83 bits per heavy atom. The molecule has 1 atom stereocenters. The maximum Gasteiger partial charge on any atom is 0.318 e. The van der Waals surface area contributed by atoms with Crippen molar-refractivity contribution in [3.8, 4) is 16.8 Å².